The Hall–Kier alpha value is -0.830. The van der Waals surface area contributed by atoms with Crippen molar-refractivity contribution in [3.63, 3.8) is 0 Å². The van der Waals surface area contributed by atoms with Crippen molar-refractivity contribution >= 4 is 0 Å². The van der Waals surface area contributed by atoms with Gasteiger partial charge in [-0.15, -0.1) is 0 Å². The van der Waals surface area contributed by atoms with Gasteiger partial charge in [-0.25, -0.2) is 0 Å². The zero-order chi connectivity index (χ0) is 9.97. The molecule has 1 saturated carbocycles. The molecule has 0 bridgehead atoms. The van der Waals surface area contributed by atoms with E-state index in [0.717, 1.165) is 6.54 Å². The van der Waals surface area contributed by atoms with Crippen molar-refractivity contribution < 1.29 is 0 Å². The smallest absolute Gasteiger partial charge is 0.0534 e. The van der Waals surface area contributed by atoms with E-state index in [-0.39, 0.29) is 0 Å². The zero-order valence-electron chi connectivity index (χ0n) is 9.03. The standard InChI is InChI=1S/C11H19N3/c1-3-12-10-4-5-11(6-10)14-8-9(2)7-13-14/h7-8,10-12H,3-6H2,1-2H3. The Balaban J connectivity index is 1.95. The minimum Gasteiger partial charge on any atom is -0.314 e. The Kier molecular flexibility index (Phi) is 2.87. The van der Waals surface area contributed by atoms with Gasteiger partial charge in [0.2, 0.25) is 0 Å². The molecule has 3 heteroatoms. The van der Waals surface area contributed by atoms with Gasteiger partial charge in [-0.1, -0.05) is 6.92 Å². The van der Waals surface area contributed by atoms with Crippen LogP contribution in [0.5, 0.6) is 0 Å². The average molecular weight is 193 g/mol. The van der Waals surface area contributed by atoms with Crippen molar-refractivity contribution in [3.05, 3.63) is 18.0 Å². The summed E-state index contributed by atoms with van der Waals surface area (Å²) in [5, 5.41) is 7.89. The third-order valence-corrected chi connectivity index (χ3v) is 3.00. The van der Waals surface area contributed by atoms with Crippen LogP contribution in [-0.2, 0) is 0 Å². The van der Waals surface area contributed by atoms with Crippen LogP contribution < -0.4 is 5.32 Å². The van der Waals surface area contributed by atoms with Crippen LogP contribution in [0.4, 0.5) is 0 Å². The van der Waals surface area contributed by atoms with Crippen LogP contribution >= 0.6 is 0 Å². The molecule has 2 rings (SSSR count). The van der Waals surface area contributed by atoms with E-state index in [9.17, 15) is 0 Å². The molecule has 0 saturated heterocycles. The molecule has 0 radical (unpaired) electrons. The van der Waals surface area contributed by atoms with E-state index < -0.39 is 0 Å². The summed E-state index contributed by atoms with van der Waals surface area (Å²) in [5.41, 5.74) is 1.26. The second-order valence-electron chi connectivity index (χ2n) is 4.22. The van der Waals surface area contributed by atoms with Crippen LogP contribution in [0.2, 0.25) is 0 Å². The molecule has 0 aromatic carbocycles. The molecule has 1 fully saturated rings. The number of nitrogens with one attached hydrogen (secondary N) is 1. The minimum atomic E-state index is 0.618. The summed E-state index contributed by atoms with van der Waals surface area (Å²) in [5.74, 6) is 0. The lowest BCUT2D eigenvalue weighted by molar-refractivity contribution is 0.445. The molecule has 78 valence electrons. The summed E-state index contributed by atoms with van der Waals surface area (Å²) in [6.07, 6.45) is 7.88. The lowest BCUT2D eigenvalue weighted by Crippen LogP contribution is -2.26. The Morgan fingerprint density at radius 3 is 3.07 bits per heavy atom. The van der Waals surface area contributed by atoms with Crippen molar-refractivity contribution in [2.45, 2.75) is 45.2 Å². The maximum atomic E-state index is 4.38. The normalized spacial score (nSPS) is 27.0. The van der Waals surface area contributed by atoms with Crippen LogP contribution in [0.25, 0.3) is 0 Å². The fourth-order valence-corrected chi connectivity index (χ4v) is 2.30. The Bertz CT molecular complexity index is 292. The minimum absolute atomic E-state index is 0.618. The molecule has 3 nitrogen and oxygen atoms in total. The molecule has 2 unspecified atom stereocenters. The van der Waals surface area contributed by atoms with Crippen LogP contribution in [-0.4, -0.2) is 22.4 Å². The maximum absolute atomic E-state index is 4.38. The van der Waals surface area contributed by atoms with Crippen LogP contribution in [0.1, 0.15) is 37.8 Å². The van der Waals surface area contributed by atoms with Crippen LogP contribution in [0.15, 0.2) is 12.4 Å². The SMILES string of the molecule is CCNC1CCC(n2cc(C)cn2)C1. The molecule has 1 aliphatic carbocycles. The molecule has 1 aliphatic rings. The number of hydrogen-bond acceptors (Lipinski definition) is 2. The number of aromatic nitrogens is 2. The van der Waals surface area contributed by atoms with E-state index in [0.29, 0.717) is 12.1 Å². The van der Waals surface area contributed by atoms with Crippen molar-refractivity contribution in [2.24, 2.45) is 0 Å². The Labute approximate surface area is 85.5 Å². The Morgan fingerprint density at radius 1 is 1.57 bits per heavy atom. The second kappa shape index (κ2) is 4.13. The van der Waals surface area contributed by atoms with E-state index in [4.69, 9.17) is 0 Å². The summed E-state index contributed by atoms with van der Waals surface area (Å²) in [4.78, 5) is 0. The third-order valence-electron chi connectivity index (χ3n) is 3.00. The summed E-state index contributed by atoms with van der Waals surface area (Å²) in [7, 11) is 0. The monoisotopic (exact) mass is 193 g/mol. The lowest BCUT2D eigenvalue weighted by atomic mass is 10.2. The molecule has 2 atom stereocenters. The fraction of sp³-hybridized carbons (Fsp3) is 0.727. The van der Waals surface area contributed by atoms with Gasteiger partial charge in [-0.05, 0) is 38.3 Å². The summed E-state index contributed by atoms with van der Waals surface area (Å²) in [6.45, 7) is 5.35. The second-order valence-corrected chi connectivity index (χ2v) is 4.22. The zero-order valence-corrected chi connectivity index (χ0v) is 9.03. The first-order chi connectivity index (χ1) is 6.79. The molecule has 0 amide bonds. The van der Waals surface area contributed by atoms with Crippen molar-refractivity contribution in [2.75, 3.05) is 6.54 Å². The van der Waals surface area contributed by atoms with Gasteiger partial charge in [-0.2, -0.15) is 5.10 Å². The number of nitrogens with zero attached hydrogens (tertiary/aromatic N) is 2. The van der Waals surface area contributed by atoms with E-state index in [1.54, 1.807) is 0 Å². The average Bonchev–Trinajstić information content (AvgIpc) is 2.74. The molecule has 1 aromatic heterocycles. The highest BCUT2D eigenvalue weighted by Crippen LogP contribution is 2.29. The van der Waals surface area contributed by atoms with E-state index in [1.165, 1.54) is 24.8 Å². The third kappa shape index (κ3) is 1.98. The van der Waals surface area contributed by atoms with Crippen molar-refractivity contribution in [1.29, 1.82) is 0 Å². The molecular formula is C11H19N3. The number of hydrogen-bond donors (Lipinski definition) is 1. The van der Waals surface area contributed by atoms with Crippen LogP contribution in [0.3, 0.4) is 0 Å². The van der Waals surface area contributed by atoms with Gasteiger partial charge in [-0.3, -0.25) is 4.68 Å². The maximum Gasteiger partial charge on any atom is 0.0534 e. The fourth-order valence-electron chi connectivity index (χ4n) is 2.30. The van der Waals surface area contributed by atoms with Gasteiger partial charge in [0.15, 0.2) is 0 Å². The summed E-state index contributed by atoms with van der Waals surface area (Å²) < 4.78 is 2.13. The van der Waals surface area contributed by atoms with E-state index >= 15 is 0 Å². The van der Waals surface area contributed by atoms with E-state index in [2.05, 4.69) is 35.1 Å². The van der Waals surface area contributed by atoms with E-state index in [1.807, 2.05) is 6.20 Å². The van der Waals surface area contributed by atoms with Gasteiger partial charge in [0.1, 0.15) is 0 Å². The molecule has 0 aliphatic heterocycles. The first-order valence-corrected chi connectivity index (χ1v) is 5.53. The molecule has 1 heterocycles. The quantitative estimate of drug-likeness (QED) is 0.794. The first kappa shape index (κ1) is 9.71. The predicted octanol–water partition coefficient (Wildman–Crippen LogP) is 1.89. The number of rotatable bonds is 3. The highest BCUT2D eigenvalue weighted by molar-refractivity contribution is 5.01. The molecule has 14 heavy (non-hydrogen) atoms. The van der Waals surface area contributed by atoms with Gasteiger partial charge < -0.3 is 5.32 Å². The van der Waals surface area contributed by atoms with Gasteiger partial charge in [0.05, 0.1) is 12.2 Å². The van der Waals surface area contributed by atoms with Gasteiger partial charge in [0, 0.05) is 12.2 Å². The first-order valence-electron chi connectivity index (χ1n) is 5.53. The topological polar surface area (TPSA) is 29.9 Å². The molecule has 1 aromatic rings. The highest BCUT2D eigenvalue weighted by Gasteiger charge is 2.25. The van der Waals surface area contributed by atoms with Gasteiger partial charge in [0.25, 0.3) is 0 Å². The molecular weight excluding hydrogens is 174 g/mol. The van der Waals surface area contributed by atoms with Crippen molar-refractivity contribution in [1.82, 2.24) is 15.1 Å². The Morgan fingerprint density at radius 2 is 2.43 bits per heavy atom. The number of aryl methyl sites for hydroxylation is 1. The van der Waals surface area contributed by atoms with Gasteiger partial charge >= 0.3 is 0 Å². The summed E-state index contributed by atoms with van der Waals surface area (Å²) in [6, 6.07) is 1.32. The predicted molar refractivity (Wildman–Crippen MR) is 57.3 cm³/mol. The molecule has 1 N–H and O–H groups in total. The lowest BCUT2D eigenvalue weighted by Gasteiger charge is -2.12. The summed E-state index contributed by atoms with van der Waals surface area (Å²) >= 11 is 0. The van der Waals surface area contributed by atoms with Crippen LogP contribution in [0, 0.1) is 6.92 Å². The highest BCUT2D eigenvalue weighted by atomic mass is 15.3. The largest absolute Gasteiger partial charge is 0.314 e. The van der Waals surface area contributed by atoms with Crippen molar-refractivity contribution in [3.8, 4) is 0 Å². The molecule has 0 spiro atoms.